The second-order valence-corrected chi connectivity index (χ2v) is 4.92. The molecular weight excluding hydrogens is 320 g/mol. The Hall–Kier alpha value is -2.73. The molecule has 120 valence electrons. The van der Waals surface area contributed by atoms with Gasteiger partial charge in [0.25, 0.3) is 11.8 Å². The van der Waals surface area contributed by atoms with Gasteiger partial charge < -0.3 is 9.47 Å². The molecule has 2 amide bonds. The number of rotatable bonds is 4. The third-order valence-electron chi connectivity index (χ3n) is 3.03. The molecule has 0 saturated carbocycles. The molecule has 2 aromatic carbocycles. The van der Waals surface area contributed by atoms with Gasteiger partial charge in [0.15, 0.2) is 0 Å². The van der Waals surface area contributed by atoms with Crippen molar-refractivity contribution in [2.24, 2.45) is 0 Å². The highest BCUT2D eigenvalue weighted by Gasteiger charge is 2.14. The summed E-state index contributed by atoms with van der Waals surface area (Å²) in [5.74, 6) is -0.131. The van der Waals surface area contributed by atoms with Crippen molar-refractivity contribution in [2.45, 2.75) is 0 Å². The van der Waals surface area contributed by atoms with Crippen LogP contribution in [0.15, 0.2) is 42.5 Å². The van der Waals surface area contributed by atoms with Crippen molar-refractivity contribution in [3.63, 3.8) is 0 Å². The average molecular weight is 335 g/mol. The topological polar surface area (TPSA) is 76.7 Å². The molecule has 0 aliphatic rings. The van der Waals surface area contributed by atoms with Crippen molar-refractivity contribution >= 4 is 23.4 Å². The lowest BCUT2D eigenvalue weighted by Crippen LogP contribution is -2.41. The van der Waals surface area contributed by atoms with Crippen molar-refractivity contribution in [1.82, 2.24) is 10.9 Å². The molecule has 2 rings (SSSR count). The zero-order valence-corrected chi connectivity index (χ0v) is 13.3. The van der Waals surface area contributed by atoms with Crippen LogP contribution in [0.5, 0.6) is 11.5 Å². The monoisotopic (exact) mass is 334 g/mol. The Labute approximate surface area is 138 Å². The standard InChI is InChI=1S/C16H15ClN2O4/c1-22-12-5-3-4-10(8-12)15(20)18-19-16(21)13-7-6-11(17)9-14(13)23-2/h3-9H,1-2H3,(H,18,20)(H,19,21). The van der Waals surface area contributed by atoms with Crippen LogP contribution in [0.25, 0.3) is 0 Å². The summed E-state index contributed by atoms with van der Waals surface area (Å²) in [6.07, 6.45) is 0. The molecule has 23 heavy (non-hydrogen) atoms. The Morgan fingerprint density at radius 1 is 0.957 bits per heavy atom. The van der Waals surface area contributed by atoms with Gasteiger partial charge in [0.05, 0.1) is 19.8 Å². The van der Waals surface area contributed by atoms with E-state index in [1.807, 2.05) is 0 Å². The first-order chi connectivity index (χ1) is 11.0. The van der Waals surface area contributed by atoms with Gasteiger partial charge in [0, 0.05) is 10.6 Å². The molecule has 0 atom stereocenters. The Balaban J connectivity index is 2.05. The van der Waals surface area contributed by atoms with Crippen LogP contribution in [0, 0.1) is 0 Å². The van der Waals surface area contributed by atoms with E-state index >= 15 is 0 Å². The predicted octanol–water partition coefficient (Wildman–Crippen LogP) is 2.43. The first-order valence-corrected chi connectivity index (χ1v) is 7.01. The summed E-state index contributed by atoms with van der Waals surface area (Å²) in [5.41, 5.74) is 5.27. The van der Waals surface area contributed by atoms with Crippen LogP contribution >= 0.6 is 11.6 Å². The fourth-order valence-corrected chi connectivity index (χ4v) is 2.03. The van der Waals surface area contributed by atoms with Crippen molar-refractivity contribution in [1.29, 1.82) is 0 Å². The zero-order chi connectivity index (χ0) is 16.8. The molecular formula is C16H15ClN2O4. The van der Waals surface area contributed by atoms with E-state index in [9.17, 15) is 9.59 Å². The van der Waals surface area contributed by atoms with Crippen LogP contribution in [0.2, 0.25) is 5.02 Å². The minimum Gasteiger partial charge on any atom is -0.497 e. The Bertz CT molecular complexity index is 734. The fraction of sp³-hybridized carbons (Fsp3) is 0.125. The average Bonchev–Trinajstić information content (AvgIpc) is 2.59. The number of halogens is 1. The van der Waals surface area contributed by atoms with E-state index in [2.05, 4.69) is 10.9 Å². The SMILES string of the molecule is COc1cccc(C(=O)NNC(=O)c2ccc(Cl)cc2OC)c1. The van der Waals surface area contributed by atoms with Gasteiger partial charge in [0.2, 0.25) is 0 Å². The van der Waals surface area contributed by atoms with E-state index in [4.69, 9.17) is 21.1 Å². The summed E-state index contributed by atoms with van der Waals surface area (Å²) >= 11 is 5.84. The highest BCUT2D eigenvalue weighted by molar-refractivity contribution is 6.30. The highest BCUT2D eigenvalue weighted by Crippen LogP contribution is 2.22. The molecule has 2 N–H and O–H groups in total. The zero-order valence-electron chi connectivity index (χ0n) is 12.6. The van der Waals surface area contributed by atoms with Gasteiger partial charge >= 0.3 is 0 Å². The number of ether oxygens (including phenoxy) is 2. The molecule has 6 nitrogen and oxygen atoms in total. The second-order valence-electron chi connectivity index (χ2n) is 4.48. The largest absolute Gasteiger partial charge is 0.497 e. The highest BCUT2D eigenvalue weighted by atomic mass is 35.5. The van der Waals surface area contributed by atoms with Crippen LogP contribution < -0.4 is 20.3 Å². The maximum Gasteiger partial charge on any atom is 0.273 e. The third kappa shape index (κ3) is 4.14. The molecule has 0 bridgehead atoms. The van der Waals surface area contributed by atoms with Crippen LogP contribution in [0.3, 0.4) is 0 Å². The second kappa shape index (κ2) is 7.51. The summed E-state index contributed by atoms with van der Waals surface area (Å²) in [6, 6.07) is 11.1. The normalized spacial score (nSPS) is 9.87. The fourth-order valence-electron chi connectivity index (χ4n) is 1.87. The third-order valence-corrected chi connectivity index (χ3v) is 3.26. The molecule has 0 aromatic heterocycles. The molecule has 0 radical (unpaired) electrons. The summed E-state index contributed by atoms with van der Waals surface area (Å²) in [5, 5.41) is 0.443. The van der Waals surface area contributed by atoms with E-state index in [0.29, 0.717) is 22.1 Å². The molecule has 0 aliphatic heterocycles. The van der Waals surface area contributed by atoms with Crippen molar-refractivity contribution in [3.8, 4) is 11.5 Å². The van der Waals surface area contributed by atoms with E-state index in [1.54, 1.807) is 30.3 Å². The maximum atomic E-state index is 12.1. The molecule has 0 fully saturated rings. The summed E-state index contributed by atoms with van der Waals surface area (Å²) < 4.78 is 10.1. The van der Waals surface area contributed by atoms with Gasteiger partial charge in [-0.2, -0.15) is 0 Å². The molecule has 0 heterocycles. The minimum atomic E-state index is -0.519. The van der Waals surface area contributed by atoms with E-state index in [1.165, 1.54) is 26.4 Å². The summed E-state index contributed by atoms with van der Waals surface area (Å²) in [7, 11) is 2.93. The van der Waals surface area contributed by atoms with Crippen LogP contribution in [-0.2, 0) is 0 Å². The Morgan fingerprint density at radius 2 is 1.70 bits per heavy atom. The minimum absolute atomic E-state index is 0.253. The summed E-state index contributed by atoms with van der Waals surface area (Å²) in [6.45, 7) is 0. The molecule has 7 heteroatoms. The van der Waals surface area contributed by atoms with E-state index in [0.717, 1.165) is 0 Å². The first kappa shape index (κ1) is 16.6. The van der Waals surface area contributed by atoms with Crippen LogP contribution in [0.1, 0.15) is 20.7 Å². The number of hydrogen-bond acceptors (Lipinski definition) is 4. The maximum absolute atomic E-state index is 12.1. The number of carbonyl (C=O) groups excluding carboxylic acids is 2. The molecule has 2 aromatic rings. The van der Waals surface area contributed by atoms with Crippen molar-refractivity contribution < 1.29 is 19.1 Å². The molecule has 0 spiro atoms. The van der Waals surface area contributed by atoms with Crippen molar-refractivity contribution in [2.75, 3.05) is 14.2 Å². The van der Waals surface area contributed by atoms with Crippen molar-refractivity contribution in [3.05, 3.63) is 58.6 Å². The van der Waals surface area contributed by atoms with Gasteiger partial charge in [-0.15, -0.1) is 0 Å². The van der Waals surface area contributed by atoms with Gasteiger partial charge in [-0.25, -0.2) is 0 Å². The van der Waals surface area contributed by atoms with Gasteiger partial charge in [-0.1, -0.05) is 17.7 Å². The molecule has 0 saturated heterocycles. The number of hydrazine groups is 1. The number of carbonyl (C=O) groups is 2. The van der Waals surface area contributed by atoms with Gasteiger partial charge in [0.1, 0.15) is 11.5 Å². The van der Waals surface area contributed by atoms with Crippen LogP contribution in [0.4, 0.5) is 0 Å². The lowest BCUT2D eigenvalue weighted by Gasteiger charge is -2.11. The lowest BCUT2D eigenvalue weighted by molar-refractivity contribution is 0.0845. The number of amides is 2. The quantitative estimate of drug-likeness (QED) is 0.842. The van der Waals surface area contributed by atoms with E-state index < -0.39 is 11.8 Å². The summed E-state index contributed by atoms with van der Waals surface area (Å²) in [4.78, 5) is 24.1. The number of hydrogen-bond donors (Lipinski definition) is 2. The molecule has 0 unspecified atom stereocenters. The Kier molecular flexibility index (Phi) is 5.43. The van der Waals surface area contributed by atoms with Gasteiger partial charge in [-0.05, 0) is 36.4 Å². The Morgan fingerprint density at radius 3 is 2.39 bits per heavy atom. The van der Waals surface area contributed by atoms with Gasteiger partial charge in [-0.3, -0.25) is 20.4 Å². The smallest absolute Gasteiger partial charge is 0.273 e. The first-order valence-electron chi connectivity index (χ1n) is 6.63. The number of methoxy groups -OCH3 is 2. The molecule has 0 aliphatic carbocycles. The number of nitrogens with one attached hydrogen (secondary N) is 2. The lowest BCUT2D eigenvalue weighted by atomic mass is 10.2. The van der Waals surface area contributed by atoms with E-state index in [-0.39, 0.29) is 5.56 Å². The predicted molar refractivity (Wildman–Crippen MR) is 85.9 cm³/mol. The number of benzene rings is 2. The van der Waals surface area contributed by atoms with Crippen LogP contribution in [-0.4, -0.2) is 26.0 Å².